The fourth-order valence-corrected chi connectivity index (χ4v) is 4.93. The maximum absolute atomic E-state index is 12.7. The van der Waals surface area contributed by atoms with Crippen molar-refractivity contribution in [1.82, 2.24) is 5.43 Å². The number of hydrogen-bond acceptors (Lipinski definition) is 9. The van der Waals surface area contributed by atoms with Gasteiger partial charge in [-0.2, -0.15) is 5.10 Å². The summed E-state index contributed by atoms with van der Waals surface area (Å²) in [6, 6.07) is 15.1. The number of thiophene rings is 1. The van der Waals surface area contributed by atoms with Gasteiger partial charge >= 0.3 is 5.97 Å². The molecule has 4 rings (SSSR count). The number of nitrogens with one attached hydrogen (secondary N) is 1. The van der Waals surface area contributed by atoms with Crippen molar-refractivity contribution >= 4 is 51.1 Å². The number of ether oxygens (including phenoxy) is 5. The molecule has 0 spiro atoms. The van der Waals surface area contributed by atoms with Crippen LogP contribution >= 0.6 is 22.9 Å². The molecule has 3 aromatic carbocycles. The Labute approximate surface area is 227 Å². The molecule has 0 aliphatic heterocycles. The third-order valence-corrected chi connectivity index (χ3v) is 7.06. The van der Waals surface area contributed by atoms with Gasteiger partial charge in [0.2, 0.25) is 5.75 Å². The Balaban J connectivity index is 1.40. The summed E-state index contributed by atoms with van der Waals surface area (Å²) in [5.41, 5.74) is 3.40. The van der Waals surface area contributed by atoms with Gasteiger partial charge in [0.15, 0.2) is 11.5 Å². The van der Waals surface area contributed by atoms with E-state index in [0.717, 1.165) is 10.1 Å². The van der Waals surface area contributed by atoms with Crippen molar-refractivity contribution in [1.29, 1.82) is 0 Å². The van der Waals surface area contributed by atoms with Gasteiger partial charge in [0, 0.05) is 15.6 Å². The van der Waals surface area contributed by atoms with Crippen LogP contribution in [0.4, 0.5) is 0 Å². The average Bonchev–Trinajstić information content (AvgIpc) is 3.28. The van der Waals surface area contributed by atoms with E-state index in [1.165, 1.54) is 51.0 Å². The normalized spacial score (nSPS) is 10.9. The van der Waals surface area contributed by atoms with Crippen LogP contribution in [0.3, 0.4) is 0 Å². The number of fused-ring (bicyclic) bond motifs is 1. The number of methoxy groups -OCH3 is 4. The molecule has 11 heteroatoms. The molecule has 1 aromatic heterocycles. The van der Waals surface area contributed by atoms with E-state index < -0.39 is 11.9 Å². The van der Waals surface area contributed by atoms with Crippen molar-refractivity contribution in [3.05, 3.63) is 75.6 Å². The predicted octanol–water partition coefficient (Wildman–Crippen LogP) is 5.57. The molecule has 0 radical (unpaired) electrons. The monoisotopic (exact) mass is 554 g/mol. The molecule has 4 aromatic rings. The van der Waals surface area contributed by atoms with Gasteiger partial charge in [0.1, 0.15) is 16.4 Å². The molecule has 0 saturated heterocycles. The SMILES string of the molecule is COc1ccc2c(Cl)c(C(=O)Oc3ccc(/C=N\NC(=O)c4cc(OC)c(OC)c(OC)c4)cc3)sc2c1. The highest BCUT2D eigenvalue weighted by atomic mass is 35.5. The summed E-state index contributed by atoms with van der Waals surface area (Å²) in [5, 5.41) is 5.08. The number of carbonyl (C=O) groups is 2. The molecule has 1 amide bonds. The number of benzene rings is 3. The second kappa shape index (κ2) is 11.8. The zero-order valence-corrected chi connectivity index (χ0v) is 22.4. The van der Waals surface area contributed by atoms with Crippen molar-refractivity contribution < 1.29 is 33.3 Å². The van der Waals surface area contributed by atoms with Crippen molar-refractivity contribution in [2.75, 3.05) is 28.4 Å². The Kier molecular flexibility index (Phi) is 8.35. The van der Waals surface area contributed by atoms with Crippen LogP contribution in [0.1, 0.15) is 25.6 Å². The quantitative estimate of drug-likeness (QED) is 0.125. The third kappa shape index (κ3) is 5.66. The fourth-order valence-electron chi connectivity index (χ4n) is 3.52. The van der Waals surface area contributed by atoms with Gasteiger partial charge in [-0.3, -0.25) is 4.79 Å². The summed E-state index contributed by atoms with van der Waals surface area (Å²) < 4.78 is 27.3. The van der Waals surface area contributed by atoms with Crippen molar-refractivity contribution in [3.8, 4) is 28.7 Å². The molecule has 0 aliphatic rings. The molecule has 0 unspecified atom stereocenters. The minimum atomic E-state index is -0.561. The first-order valence-corrected chi connectivity index (χ1v) is 12.3. The Morgan fingerprint density at radius 2 is 1.53 bits per heavy atom. The van der Waals surface area contributed by atoms with Gasteiger partial charge in [-0.1, -0.05) is 11.6 Å². The number of nitrogens with zero attached hydrogens (tertiary/aromatic N) is 1. The molecule has 0 aliphatic carbocycles. The smallest absolute Gasteiger partial charge is 0.355 e. The van der Waals surface area contributed by atoms with E-state index in [1.807, 2.05) is 6.07 Å². The Bertz CT molecular complexity index is 1490. The molecular weight excluding hydrogens is 532 g/mol. The summed E-state index contributed by atoms with van der Waals surface area (Å²) in [7, 11) is 5.98. The highest BCUT2D eigenvalue weighted by molar-refractivity contribution is 7.21. The molecule has 1 heterocycles. The van der Waals surface area contributed by atoms with E-state index in [9.17, 15) is 9.59 Å². The first-order valence-electron chi connectivity index (χ1n) is 11.1. The van der Waals surface area contributed by atoms with E-state index in [0.29, 0.717) is 44.2 Å². The average molecular weight is 555 g/mol. The number of rotatable bonds is 9. The summed E-state index contributed by atoms with van der Waals surface area (Å²) >= 11 is 7.64. The molecule has 0 bridgehead atoms. The number of carbonyl (C=O) groups excluding carboxylic acids is 2. The van der Waals surface area contributed by atoms with Gasteiger partial charge in [0.05, 0.1) is 39.7 Å². The van der Waals surface area contributed by atoms with Gasteiger partial charge in [-0.05, 0) is 60.2 Å². The largest absolute Gasteiger partial charge is 0.497 e. The number of halogens is 1. The van der Waals surface area contributed by atoms with E-state index in [4.69, 9.17) is 35.3 Å². The molecule has 9 nitrogen and oxygen atoms in total. The van der Waals surface area contributed by atoms with Crippen LogP contribution in [0.5, 0.6) is 28.7 Å². The Hall–Kier alpha value is -4.28. The third-order valence-electron chi connectivity index (χ3n) is 5.42. The lowest BCUT2D eigenvalue weighted by molar-refractivity contribution is 0.0739. The summed E-state index contributed by atoms with van der Waals surface area (Å²) in [6.45, 7) is 0. The number of esters is 1. The van der Waals surface area contributed by atoms with Crippen molar-refractivity contribution in [2.45, 2.75) is 0 Å². The zero-order chi connectivity index (χ0) is 27.2. The molecular formula is C27H23ClN2O7S. The van der Waals surface area contributed by atoms with Gasteiger partial charge in [-0.15, -0.1) is 11.3 Å². The standard InChI is InChI=1S/C27H23ClN2O7S/c1-33-18-9-10-19-22(13-18)38-25(23(19)28)27(32)37-17-7-5-15(6-8-17)14-29-30-26(31)16-11-20(34-2)24(36-4)21(12-16)35-3/h5-14H,1-4H3,(H,30,31)/b29-14-. The second-order valence-corrected chi connectivity index (χ2v) is 9.11. The van der Waals surface area contributed by atoms with Crippen LogP contribution in [0, 0.1) is 0 Å². The minimum Gasteiger partial charge on any atom is -0.497 e. The van der Waals surface area contributed by atoms with Crippen molar-refractivity contribution in [2.24, 2.45) is 5.10 Å². The fraction of sp³-hybridized carbons (Fsp3) is 0.148. The van der Waals surface area contributed by atoms with E-state index >= 15 is 0 Å². The second-order valence-electron chi connectivity index (χ2n) is 7.68. The maximum Gasteiger partial charge on any atom is 0.355 e. The van der Waals surface area contributed by atoms with Gasteiger partial charge in [-0.25, -0.2) is 10.2 Å². The molecule has 0 atom stereocenters. The van der Waals surface area contributed by atoms with E-state index in [-0.39, 0.29) is 5.56 Å². The van der Waals surface area contributed by atoms with Gasteiger partial charge < -0.3 is 23.7 Å². The number of hydrogen-bond donors (Lipinski definition) is 1. The summed E-state index contributed by atoms with van der Waals surface area (Å²) in [4.78, 5) is 25.6. The van der Waals surface area contributed by atoms with Crippen LogP contribution < -0.4 is 29.1 Å². The summed E-state index contributed by atoms with van der Waals surface area (Å²) in [6.07, 6.45) is 1.46. The molecule has 196 valence electrons. The molecule has 0 fully saturated rings. The molecule has 38 heavy (non-hydrogen) atoms. The summed E-state index contributed by atoms with van der Waals surface area (Å²) in [5.74, 6) is 1.06. The minimum absolute atomic E-state index is 0.275. The first-order chi connectivity index (χ1) is 18.4. The zero-order valence-electron chi connectivity index (χ0n) is 20.9. The lowest BCUT2D eigenvalue weighted by Gasteiger charge is -2.13. The predicted molar refractivity (Wildman–Crippen MR) is 146 cm³/mol. The highest BCUT2D eigenvalue weighted by Crippen LogP contribution is 2.39. The molecule has 1 N–H and O–H groups in total. The lowest BCUT2D eigenvalue weighted by atomic mass is 10.1. The van der Waals surface area contributed by atoms with Gasteiger partial charge in [0.25, 0.3) is 5.91 Å². The highest BCUT2D eigenvalue weighted by Gasteiger charge is 2.20. The lowest BCUT2D eigenvalue weighted by Crippen LogP contribution is -2.18. The van der Waals surface area contributed by atoms with Crippen LogP contribution in [0.25, 0.3) is 10.1 Å². The molecule has 0 saturated carbocycles. The van der Waals surface area contributed by atoms with Crippen LogP contribution in [-0.4, -0.2) is 46.5 Å². The Morgan fingerprint density at radius 3 is 2.13 bits per heavy atom. The van der Waals surface area contributed by atoms with Crippen LogP contribution in [-0.2, 0) is 0 Å². The first kappa shape index (κ1) is 26.8. The van der Waals surface area contributed by atoms with Crippen LogP contribution in [0.2, 0.25) is 5.02 Å². The van der Waals surface area contributed by atoms with Crippen molar-refractivity contribution in [3.63, 3.8) is 0 Å². The van der Waals surface area contributed by atoms with Crippen LogP contribution in [0.15, 0.2) is 59.7 Å². The topological polar surface area (TPSA) is 105 Å². The number of amides is 1. The van der Waals surface area contributed by atoms with E-state index in [1.54, 1.807) is 43.5 Å². The number of hydrazone groups is 1. The maximum atomic E-state index is 12.7. The Morgan fingerprint density at radius 1 is 0.868 bits per heavy atom. The van der Waals surface area contributed by atoms with E-state index in [2.05, 4.69) is 10.5 Å².